The van der Waals surface area contributed by atoms with Crippen LogP contribution in [0.25, 0.3) is 0 Å². The van der Waals surface area contributed by atoms with E-state index in [9.17, 15) is 4.79 Å². The number of rotatable bonds is 4. The van der Waals surface area contributed by atoms with E-state index in [4.69, 9.17) is 16.3 Å². The molecule has 1 saturated heterocycles. The number of hydrogen-bond acceptors (Lipinski definition) is 4. The molecule has 1 aromatic heterocycles. The Morgan fingerprint density at radius 2 is 2.30 bits per heavy atom. The standard InChI is InChI=1S/C14H20ClN3O2/c1-9-6-11(4-5-20-9)17-13-12(15)7-16-18(14(13)19)8-10-2-3-10/h7,9-11,17H,2-6,8H2,1H3. The lowest BCUT2D eigenvalue weighted by Gasteiger charge is -2.28. The highest BCUT2D eigenvalue weighted by Crippen LogP contribution is 2.30. The summed E-state index contributed by atoms with van der Waals surface area (Å²) in [5.74, 6) is 0.609. The van der Waals surface area contributed by atoms with E-state index in [0.717, 1.165) is 19.4 Å². The Kier molecular flexibility index (Phi) is 3.98. The zero-order valence-electron chi connectivity index (χ0n) is 11.6. The molecule has 1 saturated carbocycles. The molecule has 110 valence electrons. The van der Waals surface area contributed by atoms with Crippen LogP contribution in [0.3, 0.4) is 0 Å². The molecule has 2 unspecified atom stereocenters. The quantitative estimate of drug-likeness (QED) is 0.926. The van der Waals surface area contributed by atoms with Gasteiger partial charge in [0.25, 0.3) is 5.56 Å². The molecule has 0 bridgehead atoms. The van der Waals surface area contributed by atoms with Crippen LogP contribution in [0.4, 0.5) is 5.69 Å². The molecule has 0 aromatic carbocycles. The molecular weight excluding hydrogens is 278 g/mol. The minimum absolute atomic E-state index is 0.108. The first-order valence-corrected chi connectivity index (χ1v) is 7.65. The lowest BCUT2D eigenvalue weighted by molar-refractivity contribution is 0.0232. The van der Waals surface area contributed by atoms with E-state index in [1.54, 1.807) is 6.20 Å². The number of nitrogens with one attached hydrogen (secondary N) is 1. The molecule has 2 heterocycles. The van der Waals surface area contributed by atoms with Gasteiger partial charge in [0.1, 0.15) is 5.69 Å². The largest absolute Gasteiger partial charge is 0.378 e. The van der Waals surface area contributed by atoms with Crippen LogP contribution in [0.5, 0.6) is 0 Å². The lowest BCUT2D eigenvalue weighted by Crippen LogP contribution is -2.36. The van der Waals surface area contributed by atoms with E-state index in [0.29, 0.717) is 23.2 Å². The van der Waals surface area contributed by atoms with Crippen molar-refractivity contribution in [1.29, 1.82) is 0 Å². The Bertz CT molecular complexity index is 542. The number of anilines is 1. The van der Waals surface area contributed by atoms with Gasteiger partial charge in [0, 0.05) is 19.2 Å². The SMILES string of the molecule is CC1CC(Nc2c(Cl)cnn(CC3CC3)c2=O)CCO1. The third kappa shape index (κ3) is 3.15. The van der Waals surface area contributed by atoms with Crippen molar-refractivity contribution >= 4 is 17.3 Å². The number of aromatic nitrogens is 2. The maximum absolute atomic E-state index is 12.4. The predicted octanol–water partition coefficient (Wildman–Crippen LogP) is 2.29. The van der Waals surface area contributed by atoms with Crippen LogP contribution in [0.15, 0.2) is 11.0 Å². The molecule has 2 atom stereocenters. The summed E-state index contributed by atoms with van der Waals surface area (Å²) in [6.45, 7) is 3.47. The maximum Gasteiger partial charge on any atom is 0.291 e. The summed E-state index contributed by atoms with van der Waals surface area (Å²) in [7, 11) is 0. The Labute approximate surface area is 123 Å². The summed E-state index contributed by atoms with van der Waals surface area (Å²) in [6.07, 6.45) is 5.95. The molecule has 0 amide bonds. The summed E-state index contributed by atoms with van der Waals surface area (Å²) in [6, 6.07) is 0.237. The fraction of sp³-hybridized carbons (Fsp3) is 0.714. The first kappa shape index (κ1) is 13.9. The third-order valence-corrected chi connectivity index (χ3v) is 4.25. The molecule has 1 aliphatic heterocycles. The van der Waals surface area contributed by atoms with Gasteiger partial charge in [0.2, 0.25) is 0 Å². The highest BCUT2D eigenvalue weighted by Gasteiger charge is 2.25. The molecule has 0 spiro atoms. The first-order valence-electron chi connectivity index (χ1n) is 7.27. The van der Waals surface area contributed by atoms with Gasteiger partial charge in [0.05, 0.1) is 17.3 Å². The van der Waals surface area contributed by atoms with Gasteiger partial charge in [-0.3, -0.25) is 4.79 Å². The molecule has 1 N–H and O–H groups in total. The maximum atomic E-state index is 12.4. The van der Waals surface area contributed by atoms with E-state index in [1.807, 2.05) is 6.92 Å². The molecule has 2 aliphatic rings. The van der Waals surface area contributed by atoms with E-state index in [1.165, 1.54) is 17.5 Å². The molecule has 2 fully saturated rings. The van der Waals surface area contributed by atoms with Crippen LogP contribution < -0.4 is 10.9 Å². The van der Waals surface area contributed by atoms with Crippen molar-refractivity contribution in [2.24, 2.45) is 5.92 Å². The summed E-state index contributed by atoms with van der Waals surface area (Å²) in [5, 5.41) is 7.83. The Morgan fingerprint density at radius 3 is 3.00 bits per heavy atom. The van der Waals surface area contributed by atoms with Gasteiger partial charge in [-0.05, 0) is 38.5 Å². The van der Waals surface area contributed by atoms with Gasteiger partial charge in [-0.25, -0.2) is 4.68 Å². The van der Waals surface area contributed by atoms with Crippen molar-refractivity contribution in [3.05, 3.63) is 21.6 Å². The van der Waals surface area contributed by atoms with Crippen LogP contribution in [0, 0.1) is 5.92 Å². The minimum atomic E-state index is -0.108. The molecule has 6 heteroatoms. The van der Waals surface area contributed by atoms with Gasteiger partial charge >= 0.3 is 0 Å². The van der Waals surface area contributed by atoms with Crippen LogP contribution in [-0.2, 0) is 11.3 Å². The summed E-state index contributed by atoms with van der Waals surface area (Å²) < 4.78 is 7.06. The van der Waals surface area contributed by atoms with Gasteiger partial charge < -0.3 is 10.1 Å². The van der Waals surface area contributed by atoms with E-state index >= 15 is 0 Å². The van der Waals surface area contributed by atoms with Crippen LogP contribution >= 0.6 is 11.6 Å². The summed E-state index contributed by atoms with van der Waals surface area (Å²) >= 11 is 6.14. The van der Waals surface area contributed by atoms with E-state index < -0.39 is 0 Å². The summed E-state index contributed by atoms with van der Waals surface area (Å²) in [4.78, 5) is 12.4. The van der Waals surface area contributed by atoms with E-state index in [-0.39, 0.29) is 17.7 Å². The van der Waals surface area contributed by atoms with Gasteiger partial charge in [0.15, 0.2) is 0 Å². The smallest absolute Gasteiger partial charge is 0.291 e. The van der Waals surface area contributed by atoms with Crippen molar-refractivity contribution in [2.45, 2.75) is 51.3 Å². The Morgan fingerprint density at radius 1 is 1.50 bits per heavy atom. The summed E-state index contributed by atoms with van der Waals surface area (Å²) in [5.41, 5.74) is 0.380. The van der Waals surface area contributed by atoms with Crippen LogP contribution in [-0.4, -0.2) is 28.5 Å². The normalized spacial score (nSPS) is 26.5. The lowest BCUT2D eigenvalue weighted by atomic mass is 10.0. The Hall–Kier alpha value is -1.07. The van der Waals surface area contributed by atoms with Crippen LogP contribution in [0.1, 0.15) is 32.6 Å². The Balaban J connectivity index is 1.78. The fourth-order valence-electron chi connectivity index (χ4n) is 2.61. The molecule has 0 radical (unpaired) electrons. The number of halogens is 1. The van der Waals surface area contributed by atoms with Crippen LogP contribution in [0.2, 0.25) is 5.02 Å². The van der Waals surface area contributed by atoms with Gasteiger partial charge in [-0.15, -0.1) is 0 Å². The van der Waals surface area contributed by atoms with Crippen molar-refractivity contribution in [1.82, 2.24) is 9.78 Å². The second-order valence-corrected chi connectivity index (χ2v) is 6.25. The highest BCUT2D eigenvalue weighted by molar-refractivity contribution is 6.33. The number of nitrogens with zero attached hydrogens (tertiary/aromatic N) is 2. The zero-order valence-corrected chi connectivity index (χ0v) is 12.4. The van der Waals surface area contributed by atoms with Crippen molar-refractivity contribution in [2.75, 3.05) is 11.9 Å². The molecule has 5 nitrogen and oxygen atoms in total. The average molecular weight is 298 g/mol. The average Bonchev–Trinajstić information content (AvgIpc) is 3.22. The fourth-order valence-corrected chi connectivity index (χ4v) is 2.79. The zero-order chi connectivity index (χ0) is 14.1. The monoisotopic (exact) mass is 297 g/mol. The van der Waals surface area contributed by atoms with Gasteiger partial charge in [-0.2, -0.15) is 5.10 Å². The van der Waals surface area contributed by atoms with Gasteiger partial charge in [-0.1, -0.05) is 11.6 Å². The molecule has 1 aromatic rings. The van der Waals surface area contributed by atoms with E-state index in [2.05, 4.69) is 10.4 Å². The highest BCUT2D eigenvalue weighted by atomic mass is 35.5. The topological polar surface area (TPSA) is 56.2 Å². The number of ether oxygens (including phenoxy) is 1. The van der Waals surface area contributed by atoms with Crippen molar-refractivity contribution in [3.8, 4) is 0 Å². The predicted molar refractivity (Wildman–Crippen MR) is 78.3 cm³/mol. The van der Waals surface area contributed by atoms with Crippen molar-refractivity contribution < 1.29 is 4.74 Å². The molecule has 1 aliphatic carbocycles. The number of hydrogen-bond donors (Lipinski definition) is 1. The second kappa shape index (κ2) is 5.74. The minimum Gasteiger partial charge on any atom is -0.378 e. The first-order chi connectivity index (χ1) is 9.63. The molecule has 3 rings (SSSR count). The van der Waals surface area contributed by atoms with Crippen molar-refractivity contribution in [3.63, 3.8) is 0 Å². The molecular formula is C14H20ClN3O2. The second-order valence-electron chi connectivity index (χ2n) is 5.85. The molecule has 20 heavy (non-hydrogen) atoms. The third-order valence-electron chi connectivity index (χ3n) is 3.96.